The lowest BCUT2D eigenvalue weighted by Crippen LogP contribution is -1.94. The van der Waals surface area contributed by atoms with E-state index in [0.717, 1.165) is 5.69 Å². The van der Waals surface area contributed by atoms with E-state index in [1.54, 1.807) is 6.92 Å². The van der Waals surface area contributed by atoms with E-state index in [4.69, 9.17) is 5.73 Å². The highest BCUT2D eigenvalue weighted by Crippen LogP contribution is 1.96. The Morgan fingerprint density at radius 1 is 1.75 bits per heavy atom. The lowest BCUT2D eigenvalue weighted by atomic mass is 10.5. The largest absolute Gasteiger partial charge is 0.382 e. The Labute approximate surface area is 47.6 Å². The second-order valence-corrected chi connectivity index (χ2v) is 1.47. The zero-order valence-electron chi connectivity index (χ0n) is 4.55. The van der Waals surface area contributed by atoms with E-state index in [9.17, 15) is 0 Å². The number of nitrogen functional groups attached to an aromatic ring is 1. The molecule has 0 saturated carbocycles. The van der Waals surface area contributed by atoms with E-state index in [1.165, 1.54) is 6.20 Å². The number of aromatic nitrogens is 2. The van der Waals surface area contributed by atoms with Gasteiger partial charge < -0.3 is 5.73 Å². The van der Waals surface area contributed by atoms with Gasteiger partial charge in [-0.3, -0.25) is 0 Å². The molecule has 0 aliphatic heterocycles. The molecule has 3 nitrogen and oxygen atoms in total. The van der Waals surface area contributed by atoms with Crippen LogP contribution in [0.25, 0.3) is 0 Å². The van der Waals surface area contributed by atoms with Crippen LogP contribution in [0.5, 0.6) is 0 Å². The summed E-state index contributed by atoms with van der Waals surface area (Å²) in [5.74, 6) is 0.476. The van der Waals surface area contributed by atoms with Crippen LogP contribution in [-0.4, -0.2) is 9.97 Å². The lowest BCUT2D eigenvalue weighted by Gasteiger charge is -1.90. The maximum absolute atomic E-state index is 5.33. The van der Waals surface area contributed by atoms with Crippen molar-refractivity contribution in [3.05, 3.63) is 18.1 Å². The van der Waals surface area contributed by atoms with Crippen LogP contribution in [0.4, 0.5) is 5.82 Å². The molecule has 8 heavy (non-hydrogen) atoms. The van der Waals surface area contributed by atoms with Crippen LogP contribution in [0, 0.1) is 13.1 Å². The Morgan fingerprint density at radius 2 is 2.50 bits per heavy atom. The second kappa shape index (κ2) is 1.78. The van der Waals surface area contributed by atoms with Gasteiger partial charge in [-0.15, -0.1) is 0 Å². The summed E-state index contributed by atoms with van der Waals surface area (Å²) in [6.07, 6.45) is 4.01. The molecular weight excluding hydrogens is 102 g/mol. The summed E-state index contributed by atoms with van der Waals surface area (Å²) in [4.78, 5) is 7.50. The fraction of sp³-hybridized carbons (Fsp3) is 0.200. The number of aryl methyl sites for hydroxylation is 1. The van der Waals surface area contributed by atoms with Gasteiger partial charge in [0.1, 0.15) is 12.0 Å². The number of anilines is 1. The molecule has 1 rings (SSSR count). The minimum atomic E-state index is 0.476. The van der Waals surface area contributed by atoms with Crippen molar-refractivity contribution in [2.45, 2.75) is 6.92 Å². The number of nitrogens with zero attached hydrogens (tertiary/aromatic N) is 2. The smallest absolute Gasteiger partial charge is 0.144 e. The van der Waals surface area contributed by atoms with Gasteiger partial charge in [0.25, 0.3) is 0 Å². The Balaban J connectivity index is 3.13. The van der Waals surface area contributed by atoms with E-state index >= 15 is 0 Å². The van der Waals surface area contributed by atoms with Crippen LogP contribution in [0.15, 0.2) is 6.20 Å². The zero-order valence-corrected chi connectivity index (χ0v) is 4.55. The van der Waals surface area contributed by atoms with E-state index in [0.29, 0.717) is 5.82 Å². The van der Waals surface area contributed by atoms with Crippen LogP contribution >= 0.6 is 0 Å². The summed E-state index contributed by atoms with van der Waals surface area (Å²) in [7, 11) is 0. The average molecular weight is 108 g/mol. The van der Waals surface area contributed by atoms with E-state index < -0.39 is 0 Å². The predicted octanol–water partition coefficient (Wildman–Crippen LogP) is 0.167. The zero-order chi connectivity index (χ0) is 5.98. The molecule has 0 atom stereocenters. The van der Waals surface area contributed by atoms with Gasteiger partial charge in [-0.1, -0.05) is 0 Å². The van der Waals surface area contributed by atoms with E-state index in [2.05, 4.69) is 16.2 Å². The van der Waals surface area contributed by atoms with Crippen molar-refractivity contribution in [2.24, 2.45) is 0 Å². The Hall–Kier alpha value is -1.12. The fourth-order valence-corrected chi connectivity index (χ4v) is 0.375. The van der Waals surface area contributed by atoms with Gasteiger partial charge in [0.15, 0.2) is 0 Å². The molecular formula is C5H6N3. The summed E-state index contributed by atoms with van der Waals surface area (Å²) >= 11 is 0. The summed E-state index contributed by atoms with van der Waals surface area (Å²) in [6, 6.07) is 0. The Morgan fingerprint density at radius 3 is 2.88 bits per heavy atom. The molecule has 2 N–H and O–H groups in total. The molecule has 0 fully saturated rings. The van der Waals surface area contributed by atoms with Gasteiger partial charge >= 0.3 is 0 Å². The lowest BCUT2D eigenvalue weighted by molar-refractivity contribution is 1.12. The van der Waals surface area contributed by atoms with Crippen LogP contribution in [0.3, 0.4) is 0 Å². The molecule has 0 aromatic carbocycles. The van der Waals surface area contributed by atoms with Gasteiger partial charge in [-0.2, -0.15) is 0 Å². The van der Waals surface area contributed by atoms with Crippen molar-refractivity contribution in [3.8, 4) is 0 Å². The maximum Gasteiger partial charge on any atom is 0.144 e. The number of nitrogens with two attached hydrogens (primary N) is 1. The molecule has 0 amide bonds. The third-order valence-electron chi connectivity index (χ3n) is 0.864. The number of hydrogen-bond acceptors (Lipinski definition) is 3. The molecule has 0 saturated heterocycles. The maximum atomic E-state index is 5.33. The minimum absolute atomic E-state index is 0.476. The molecule has 0 spiro atoms. The van der Waals surface area contributed by atoms with Gasteiger partial charge in [-0.05, 0) is 6.92 Å². The molecule has 41 valence electrons. The molecule has 1 heterocycles. The van der Waals surface area contributed by atoms with Gasteiger partial charge in [-0.25, -0.2) is 9.97 Å². The van der Waals surface area contributed by atoms with E-state index in [1.807, 2.05) is 0 Å². The van der Waals surface area contributed by atoms with Crippen molar-refractivity contribution in [1.29, 1.82) is 0 Å². The molecule has 0 aliphatic carbocycles. The summed E-state index contributed by atoms with van der Waals surface area (Å²) < 4.78 is 0. The molecule has 3 heteroatoms. The van der Waals surface area contributed by atoms with Crippen molar-refractivity contribution < 1.29 is 0 Å². The highest BCUT2D eigenvalue weighted by molar-refractivity contribution is 5.30. The van der Waals surface area contributed by atoms with Crippen molar-refractivity contribution in [2.75, 3.05) is 5.73 Å². The quantitative estimate of drug-likeness (QED) is 0.515. The van der Waals surface area contributed by atoms with Crippen LogP contribution in [-0.2, 0) is 0 Å². The first-order valence-corrected chi connectivity index (χ1v) is 2.26. The normalized spacial score (nSPS) is 9.12. The van der Waals surface area contributed by atoms with Crippen LogP contribution in [0.2, 0.25) is 0 Å². The highest BCUT2D eigenvalue weighted by Gasteiger charge is 1.88. The van der Waals surface area contributed by atoms with Gasteiger partial charge in [0.2, 0.25) is 0 Å². The van der Waals surface area contributed by atoms with Crippen molar-refractivity contribution in [3.63, 3.8) is 0 Å². The predicted molar refractivity (Wildman–Crippen MR) is 30.0 cm³/mol. The first-order chi connectivity index (χ1) is 3.80. The highest BCUT2D eigenvalue weighted by atomic mass is 14.9. The number of rotatable bonds is 0. The molecule has 0 aliphatic rings. The monoisotopic (exact) mass is 108 g/mol. The summed E-state index contributed by atoms with van der Waals surface area (Å²) in [5, 5.41) is 0. The van der Waals surface area contributed by atoms with Gasteiger partial charge in [0, 0.05) is 0 Å². The first kappa shape index (κ1) is 5.03. The Kier molecular flexibility index (Phi) is 1.12. The van der Waals surface area contributed by atoms with Crippen LogP contribution < -0.4 is 5.73 Å². The standard InChI is InChI=1S/C5H6N3/c1-4-5(6)8-3-2-7-4/h3H,1H3,(H2,6,8). The third kappa shape index (κ3) is 0.753. The summed E-state index contributed by atoms with van der Waals surface area (Å²) in [6.45, 7) is 1.79. The fourth-order valence-electron chi connectivity index (χ4n) is 0.375. The molecule has 0 unspecified atom stereocenters. The molecule has 1 radical (unpaired) electrons. The Bertz CT molecular complexity index is 164. The van der Waals surface area contributed by atoms with Gasteiger partial charge in [0.05, 0.1) is 11.9 Å². The van der Waals surface area contributed by atoms with Crippen molar-refractivity contribution in [1.82, 2.24) is 9.97 Å². The van der Waals surface area contributed by atoms with E-state index in [-0.39, 0.29) is 0 Å². The first-order valence-electron chi connectivity index (χ1n) is 2.26. The SMILES string of the molecule is Cc1n[c]cnc1N. The molecule has 1 aromatic rings. The average Bonchev–Trinajstić information content (AvgIpc) is 1.77. The van der Waals surface area contributed by atoms with Crippen LogP contribution in [0.1, 0.15) is 5.69 Å². The third-order valence-corrected chi connectivity index (χ3v) is 0.864. The minimum Gasteiger partial charge on any atom is -0.382 e. The topological polar surface area (TPSA) is 51.8 Å². The molecule has 0 bridgehead atoms. The second-order valence-electron chi connectivity index (χ2n) is 1.47. The van der Waals surface area contributed by atoms with Crippen molar-refractivity contribution >= 4 is 5.82 Å². The molecule has 1 aromatic heterocycles. The summed E-state index contributed by atoms with van der Waals surface area (Å²) in [5.41, 5.74) is 6.06. The number of hydrogen-bond donors (Lipinski definition) is 1.